The molecule has 2 unspecified atom stereocenters. The first kappa shape index (κ1) is 13.3. The highest BCUT2D eigenvalue weighted by molar-refractivity contribution is 5.92. The summed E-state index contributed by atoms with van der Waals surface area (Å²) >= 11 is 0. The summed E-state index contributed by atoms with van der Waals surface area (Å²) in [7, 11) is 0. The lowest BCUT2D eigenvalue weighted by Gasteiger charge is -2.31. The zero-order valence-electron chi connectivity index (χ0n) is 11.6. The van der Waals surface area contributed by atoms with Crippen molar-refractivity contribution in [2.75, 3.05) is 6.54 Å². The van der Waals surface area contributed by atoms with Crippen LogP contribution in [0.25, 0.3) is 6.08 Å². The Bertz CT molecular complexity index is 508. The van der Waals surface area contributed by atoms with Gasteiger partial charge < -0.3 is 4.90 Å². The van der Waals surface area contributed by atoms with Gasteiger partial charge in [-0.05, 0) is 49.0 Å². The Balaban J connectivity index is 1.65. The zero-order valence-corrected chi connectivity index (χ0v) is 11.6. The molecule has 0 radical (unpaired) electrons. The molecule has 1 saturated carbocycles. The predicted octanol–water partition coefficient (Wildman–Crippen LogP) is 3.63. The van der Waals surface area contributed by atoms with Crippen LogP contribution in [0.5, 0.6) is 0 Å². The van der Waals surface area contributed by atoms with Crippen LogP contribution in [0.3, 0.4) is 0 Å². The standard InChI is InChI=1S/C17H20FNO/c18-15-8-5-13(6-9-15)7-10-17(20)19-12-11-14-3-1-2-4-16(14)19/h5-10,14,16H,1-4,11-12H2/b10-7+. The van der Waals surface area contributed by atoms with Crippen LogP contribution in [-0.2, 0) is 4.79 Å². The number of likely N-dealkylation sites (tertiary alicyclic amines) is 1. The van der Waals surface area contributed by atoms with E-state index in [1.165, 1.54) is 31.4 Å². The Labute approximate surface area is 119 Å². The maximum atomic E-state index is 12.8. The third kappa shape index (κ3) is 2.77. The Kier molecular flexibility index (Phi) is 3.86. The number of carbonyl (C=O) groups excluding carboxylic acids is 1. The Morgan fingerprint density at radius 1 is 1.15 bits per heavy atom. The van der Waals surface area contributed by atoms with Gasteiger partial charge in [0.15, 0.2) is 0 Å². The van der Waals surface area contributed by atoms with Gasteiger partial charge in [-0.15, -0.1) is 0 Å². The van der Waals surface area contributed by atoms with E-state index in [0.717, 1.165) is 24.9 Å². The van der Waals surface area contributed by atoms with Crippen molar-refractivity contribution in [1.29, 1.82) is 0 Å². The summed E-state index contributed by atoms with van der Waals surface area (Å²) in [4.78, 5) is 14.3. The average molecular weight is 273 g/mol. The lowest BCUT2D eigenvalue weighted by Crippen LogP contribution is -2.38. The predicted molar refractivity (Wildman–Crippen MR) is 77.5 cm³/mol. The Morgan fingerprint density at radius 2 is 1.90 bits per heavy atom. The minimum atomic E-state index is -0.252. The minimum absolute atomic E-state index is 0.101. The lowest BCUT2D eigenvalue weighted by molar-refractivity contribution is -0.127. The third-order valence-electron chi connectivity index (χ3n) is 4.58. The van der Waals surface area contributed by atoms with Crippen LogP contribution in [0.4, 0.5) is 4.39 Å². The Morgan fingerprint density at radius 3 is 2.70 bits per heavy atom. The highest BCUT2D eigenvalue weighted by Crippen LogP contribution is 2.36. The molecule has 1 aliphatic heterocycles. The molecule has 1 heterocycles. The number of benzene rings is 1. The highest BCUT2D eigenvalue weighted by Gasteiger charge is 2.37. The molecule has 2 aliphatic rings. The van der Waals surface area contributed by atoms with Crippen LogP contribution in [-0.4, -0.2) is 23.4 Å². The molecule has 0 N–H and O–H groups in total. The van der Waals surface area contributed by atoms with E-state index >= 15 is 0 Å². The summed E-state index contributed by atoms with van der Waals surface area (Å²) in [6, 6.07) is 6.65. The van der Waals surface area contributed by atoms with Gasteiger partial charge in [0.1, 0.15) is 5.82 Å². The zero-order chi connectivity index (χ0) is 13.9. The topological polar surface area (TPSA) is 20.3 Å². The van der Waals surface area contributed by atoms with Crippen molar-refractivity contribution in [3.05, 3.63) is 41.7 Å². The molecule has 1 aliphatic carbocycles. The van der Waals surface area contributed by atoms with Gasteiger partial charge in [0.25, 0.3) is 0 Å². The smallest absolute Gasteiger partial charge is 0.246 e. The summed E-state index contributed by atoms with van der Waals surface area (Å²) in [5.41, 5.74) is 0.860. The van der Waals surface area contributed by atoms with Gasteiger partial charge in [-0.3, -0.25) is 4.79 Å². The molecule has 1 amide bonds. The lowest BCUT2D eigenvalue weighted by atomic mass is 9.85. The van der Waals surface area contributed by atoms with Crippen LogP contribution in [0.1, 0.15) is 37.7 Å². The molecule has 0 spiro atoms. The molecular weight excluding hydrogens is 253 g/mol. The monoisotopic (exact) mass is 273 g/mol. The summed E-state index contributed by atoms with van der Waals surface area (Å²) in [6.07, 6.45) is 9.54. The molecule has 1 aromatic rings. The fourth-order valence-electron chi connectivity index (χ4n) is 3.52. The number of amides is 1. The number of fused-ring (bicyclic) bond motifs is 1. The van der Waals surface area contributed by atoms with Gasteiger partial charge in [-0.2, -0.15) is 0 Å². The van der Waals surface area contributed by atoms with Crippen LogP contribution < -0.4 is 0 Å². The second-order valence-electron chi connectivity index (χ2n) is 5.82. The number of carbonyl (C=O) groups is 1. The SMILES string of the molecule is O=C(/C=C/c1ccc(F)cc1)N1CCC2CCCCC21. The van der Waals surface area contributed by atoms with Gasteiger partial charge in [-0.1, -0.05) is 25.0 Å². The summed E-state index contributed by atoms with van der Waals surface area (Å²) < 4.78 is 12.8. The molecule has 1 saturated heterocycles. The fourth-order valence-corrected chi connectivity index (χ4v) is 3.52. The van der Waals surface area contributed by atoms with E-state index in [4.69, 9.17) is 0 Å². The Hall–Kier alpha value is -1.64. The third-order valence-corrected chi connectivity index (χ3v) is 4.58. The van der Waals surface area contributed by atoms with Crippen LogP contribution in [0.2, 0.25) is 0 Å². The van der Waals surface area contributed by atoms with E-state index in [2.05, 4.69) is 0 Å². The van der Waals surface area contributed by atoms with E-state index in [-0.39, 0.29) is 11.7 Å². The van der Waals surface area contributed by atoms with Crippen molar-refractivity contribution in [2.45, 2.75) is 38.1 Å². The van der Waals surface area contributed by atoms with E-state index in [1.54, 1.807) is 24.3 Å². The molecule has 3 rings (SSSR count). The van der Waals surface area contributed by atoms with E-state index < -0.39 is 0 Å². The van der Waals surface area contributed by atoms with Gasteiger partial charge >= 0.3 is 0 Å². The number of halogens is 1. The molecule has 2 atom stereocenters. The maximum absolute atomic E-state index is 12.8. The number of rotatable bonds is 2. The van der Waals surface area contributed by atoms with E-state index in [0.29, 0.717) is 12.0 Å². The number of hydrogen-bond acceptors (Lipinski definition) is 1. The second-order valence-corrected chi connectivity index (χ2v) is 5.82. The number of nitrogens with zero attached hydrogens (tertiary/aromatic N) is 1. The number of hydrogen-bond donors (Lipinski definition) is 0. The van der Waals surface area contributed by atoms with Crippen molar-refractivity contribution in [3.63, 3.8) is 0 Å². The first-order chi connectivity index (χ1) is 9.74. The highest BCUT2D eigenvalue weighted by atomic mass is 19.1. The van der Waals surface area contributed by atoms with Gasteiger partial charge in [0, 0.05) is 18.7 Å². The molecule has 0 aromatic heterocycles. The molecule has 0 bridgehead atoms. The largest absolute Gasteiger partial charge is 0.336 e. The minimum Gasteiger partial charge on any atom is -0.336 e. The van der Waals surface area contributed by atoms with Crippen LogP contribution in [0.15, 0.2) is 30.3 Å². The molecule has 3 heteroatoms. The van der Waals surface area contributed by atoms with Gasteiger partial charge in [0.05, 0.1) is 0 Å². The van der Waals surface area contributed by atoms with Crippen molar-refractivity contribution in [1.82, 2.24) is 4.90 Å². The van der Waals surface area contributed by atoms with Crippen molar-refractivity contribution < 1.29 is 9.18 Å². The van der Waals surface area contributed by atoms with E-state index in [1.807, 2.05) is 4.90 Å². The van der Waals surface area contributed by atoms with Gasteiger partial charge in [-0.25, -0.2) is 4.39 Å². The van der Waals surface area contributed by atoms with Crippen molar-refractivity contribution >= 4 is 12.0 Å². The summed E-state index contributed by atoms with van der Waals surface area (Å²) in [6.45, 7) is 0.891. The molecule has 2 fully saturated rings. The molecule has 2 nitrogen and oxygen atoms in total. The van der Waals surface area contributed by atoms with Crippen molar-refractivity contribution in [3.8, 4) is 0 Å². The van der Waals surface area contributed by atoms with Crippen molar-refractivity contribution in [2.24, 2.45) is 5.92 Å². The summed E-state index contributed by atoms with van der Waals surface area (Å²) in [5.74, 6) is 0.564. The van der Waals surface area contributed by atoms with Crippen LogP contribution >= 0.6 is 0 Å². The molecule has 106 valence electrons. The molecule has 1 aromatic carbocycles. The average Bonchev–Trinajstić information content (AvgIpc) is 2.90. The maximum Gasteiger partial charge on any atom is 0.246 e. The van der Waals surface area contributed by atoms with E-state index in [9.17, 15) is 9.18 Å². The van der Waals surface area contributed by atoms with Gasteiger partial charge in [0.2, 0.25) is 5.91 Å². The summed E-state index contributed by atoms with van der Waals surface area (Å²) in [5, 5.41) is 0. The second kappa shape index (κ2) is 5.78. The first-order valence-corrected chi connectivity index (χ1v) is 7.48. The first-order valence-electron chi connectivity index (χ1n) is 7.48. The molecule has 20 heavy (non-hydrogen) atoms. The quantitative estimate of drug-likeness (QED) is 0.753. The van der Waals surface area contributed by atoms with Crippen LogP contribution in [0, 0.1) is 11.7 Å². The molecular formula is C17H20FNO. The fraction of sp³-hybridized carbons (Fsp3) is 0.471. The normalized spacial score (nSPS) is 25.9.